The summed E-state index contributed by atoms with van der Waals surface area (Å²) in [5.41, 5.74) is -0.0716. The summed E-state index contributed by atoms with van der Waals surface area (Å²) in [6.07, 6.45) is -2.18. The molecule has 0 N–H and O–H groups in total. The Morgan fingerprint density at radius 3 is 2.44 bits per heavy atom. The molecule has 0 radical (unpaired) electrons. The van der Waals surface area contributed by atoms with Gasteiger partial charge in [-0.3, -0.25) is 9.48 Å². The number of esters is 1. The van der Waals surface area contributed by atoms with Crippen molar-refractivity contribution >= 4 is 33.4 Å². The number of hydrogen-bond acceptors (Lipinski definition) is 6. The van der Waals surface area contributed by atoms with E-state index in [1.54, 1.807) is 29.2 Å². The molecule has 36 heavy (non-hydrogen) atoms. The van der Waals surface area contributed by atoms with Crippen molar-refractivity contribution in [3.63, 3.8) is 0 Å². The lowest BCUT2D eigenvalue weighted by molar-refractivity contribution is -0.139. The van der Waals surface area contributed by atoms with Gasteiger partial charge in [-0.15, -0.1) is 5.10 Å². The number of amides is 1. The Bertz CT molecular complexity index is 1120. The number of carbonyl (C=O) groups excluding carboxylic acids is 2. The molecule has 1 aliphatic heterocycles. The standard InChI is InChI=1S/C24H27BrF3N3O5/c1-15(32)30-10-8-16(9-11-30)12-31-21(25)20(24(26,27)28)22(29-31)36-13-17-6-4-5-7-18(17)19(14-34-2)23(33)35-3/h4-7,14,16H,8-13H2,1-3H3/b19-14+. The molecule has 0 atom stereocenters. The van der Waals surface area contributed by atoms with Gasteiger partial charge in [0.05, 0.1) is 20.5 Å². The van der Waals surface area contributed by atoms with Crippen LogP contribution in [0.4, 0.5) is 13.2 Å². The number of carbonyl (C=O) groups is 2. The third-order valence-electron chi connectivity index (χ3n) is 5.95. The van der Waals surface area contributed by atoms with Gasteiger partial charge in [-0.25, -0.2) is 4.79 Å². The van der Waals surface area contributed by atoms with Crippen molar-refractivity contribution in [2.45, 2.75) is 39.1 Å². The number of methoxy groups -OCH3 is 2. The fraction of sp³-hybridized carbons (Fsp3) is 0.458. The molecule has 2 heterocycles. The van der Waals surface area contributed by atoms with Gasteiger partial charge in [-0.1, -0.05) is 24.3 Å². The second kappa shape index (κ2) is 11.8. The lowest BCUT2D eigenvalue weighted by Crippen LogP contribution is -2.38. The first-order chi connectivity index (χ1) is 17.1. The number of hydrogen-bond donors (Lipinski definition) is 0. The third-order valence-corrected chi connectivity index (χ3v) is 6.75. The van der Waals surface area contributed by atoms with Crippen LogP contribution in [0, 0.1) is 5.92 Å². The predicted octanol–water partition coefficient (Wildman–Crippen LogP) is 4.66. The number of alkyl halides is 3. The van der Waals surface area contributed by atoms with Crippen LogP contribution in [0.5, 0.6) is 5.88 Å². The maximum absolute atomic E-state index is 13.9. The van der Waals surface area contributed by atoms with Gasteiger partial charge in [0.1, 0.15) is 16.8 Å². The van der Waals surface area contributed by atoms with Crippen molar-refractivity contribution in [1.29, 1.82) is 0 Å². The highest BCUT2D eigenvalue weighted by Gasteiger charge is 2.41. The number of ether oxygens (including phenoxy) is 3. The number of piperidine rings is 1. The summed E-state index contributed by atoms with van der Waals surface area (Å²) in [7, 11) is 2.58. The second-order valence-corrected chi connectivity index (χ2v) is 9.06. The SMILES string of the molecule is CO/C=C(/C(=O)OC)c1ccccc1COc1nn(CC2CCN(C(C)=O)CC2)c(Br)c1C(F)(F)F. The minimum absolute atomic E-state index is 0.0141. The van der Waals surface area contributed by atoms with Crippen molar-refractivity contribution < 1.29 is 37.0 Å². The Morgan fingerprint density at radius 2 is 1.86 bits per heavy atom. The summed E-state index contributed by atoms with van der Waals surface area (Å²) in [5, 5.41) is 4.12. The Kier molecular flexibility index (Phi) is 9.04. The molecule has 1 aromatic carbocycles. The van der Waals surface area contributed by atoms with Gasteiger partial charge in [-0.05, 0) is 45.8 Å². The van der Waals surface area contributed by atoms with Gasteiger partial charge in [-0.2, -0.15) is 13.2 Å². The summed E-state index contributed by atoms with van der Waals surface area (Å²) in [6.45, 7) is 2.59. The topological polar surface area (TPSA) is 82.9 Å². The van der Waals surface area contributed by atoms with E-state index in [0.29, 0.717) is 37.1 Å². The highest BCUT2D eigenvalue weighted by atomic mass is 79.9. The average Bonchev–Trinajstić information content (AvgIpc) is 3.16. The highest BCUT2D eigenvalue weighted by molar-refractivity contribution is 9.10. The van der Waals surface area contributed by atoms with Gasteiger partial charge in [0, 0.05) is 26.6 Å². The summed E-state index contributed by atoms with van der Waals surface area (Å²) >= 11 is 3.06. The van der Waals surface area contributed by atoms with Gasteiger partial charge in [0.15, 0.2) is 5.56 Å². The van der Waals surface area contributed by atoms with Crippen LogP contribution in [-0.2, 0) is 38.4 Å². The van der Waals surface area contributed by atoms with Crippen molar-refractivity contribution in [3.05, 3.63) is 51.8 Å². The average molecular weight is 574 g/mol. The predicted molar refractivity (Wildman–Crippen MR) is 128 cm³/mol. The largest absolute Gasteiger partial charge is 0.503 e. The zero-order valence-corrected chi connectivity index (χ0v) is 21.7. The summed E-state index contributed by atoms with van der Waals surface area (Å²) < 4.78 is 58.2. The van der Waals surface area contributed by atoms with Gasteiger partial charge >= 0.3 is 12.1 Å². The molecule has 0 unspecified atom stereocenters. The number of nitrogens with zero attached hydrogens (tertiary/aromatic N) is 3. The first kappa shape index (κ1) is 27.6. The van der Waals surface area contributed by atoms with Crippen LogP contribution in [-0.4, -0.2) is 53.9 Å². The van der Waals surface area contributed by atoms with E-state index in [1.807, 2.05) is 0 Å². The Labute approximate surface area is 215 Å². The maximum atomic E-state index is 13.9. The highest BCUT2D eigenvalue weighted by Crippen LogP contribution is 2.42. The minimum Gasteiger partial charge on any atom is -0.503 e. The minimum atomic E-state index is -4.71. The van der Waals surface area contributed by atoms with Crippen LogP contribution in [0.3, 0.4) is 0 Å². The molecule has 2 aromatic rings. The Hall–Kier alpha value is -3.02. The molecule has 3 rings (SSSR count). The summed E-state index contributed by atoms with van der Waals surface area (Å²) in [4.78, 5) is 25.5. The van der Waals surface area contributed by atoms with E-state index in [1.165, 1.54) is 32.1 Å². The van der Waals surface area contributed by atoms with Crippen LogP contribution in [0.2, 0.25) is 0 Å². The fourth-order valence-electron chi connectivity index (χ4n) is 4.06. The molecular weight excluding hydrogens is 547 g/mol. The first-order valence-electron chi connectivity index (χ1n) is 11.2. The van der Waals surface area contributed by atoms with Crippen LogP contribution < -0.4 is 4.74 Å². The van der Waals surface area contributed by atoms with Crippen LogP contribution in [0.15, 0.2) is 35.1 Å². The smallest absolute Gasteiger partial charge is 0.424 e. The molecule has 1 fully saturated rings. The number of likely N-dealkylation sites (tertiary alicyclic amines) is 1. The van der Waals surface area contributed by atoms with E-state index in [4.69, 9.17) is 14.2 Å². The zero-order valence-electron chi connectivity index (χ0n) is 20.1. The molecule has 196 valence electrons. The van der Waals surface area contributed by atoms with Crippen molar-refractivity contribution in [3.8, 4) is 5.88 Å². The van der Waals surface area contributed by atoms with Crippen LogP contribution in [0.25, 0.3) is 5.57 Å². The monoisotopic (exact) mass is 573 g/mol. The molecule has 12 heteroatoms. The Morgan fingerprint density at radius 1 is 1.19 bits per heavy atom. The van der Waals surface area contributed by atoms with Crippen molar-refractivity contribution in [2.75, 3.05) is 27.3 Å². The van der Waals surface area contributed by atoms with Gasteiger partial charge < -0.3 is 19.1 Å². The van der Waals surface area contributed by atoms with Gasteiger partial charge in [0.25, 0.3) is 0 Å². The van der Waals surface area contributed by atoms with Crippen molar-refractivity contribution in [2.24, 2.45) is 5.92 Å². The molecule has 1 saturated heterocycles. The molecule has 0 spiro atoms. The number of halogens is 4. The molecule has 1 amide bonds. The molecule has 0 aliphatic carbocycles. The summed E-state index contributed by atoms with van der Waals surface area (Å²) in [6, 6.07) is 6.60. The Balaban J connectivity index is 1.85. The van der Waals surface area contributed by atoms with E-state index < -0.39 is 23.6 Å². The normalized spacial score (nSPS) is 15.1. The van der Waals surface area contributed by atoms with E-state index in [-0.39, 0.29) is 35.2 Å². The summed E-state index contributed by atoms with van der Waals surface area (Å²) in [5.74, 6) is -1.18. The number of benzene rings is 1. The van der Waals surface area contributed by atoms with E-state index >= 15 is 0 Å². The fourth-order valence-corrected chi connectivity index (χ4v) is 4.68. The third kappa shape index (κ3) is 6.40. The number of aromatic nitrogens is 2. The van der Waals surface area contributed by atoms with Crippen LogP contribution in [0.1, 0.15) is 36.5 Å². The molecule has 1 aromatic heterocycles. The zero-order chi connectivity index (χ0) is 26.5. The maximum Gasteiger partial charge on any atom is 0.424 e. The van der Waals surface area contributed by atoms with Crippen LogP contribution >= 0.6 is 15.9 Å². The lowest BCUT2D eigenvalue weighted by atomic mass is 9.97. The first-order valence-corrected chi connectivity index (χ1v) is 12.0. The molecule has 8 nitrogen and oxygen atoms in total. The molecule has 0 saturated carbocycles. The molecule has 0 bridgehead atoms. The lowest BCUT2D eigenvalue weighted by Gasteiger charge is -2.31. The van der Waals surface area contributed by atoms with E-state index in [9.17, 15) is 22.8 Å². The quantitative estimate of drug-likeness (QED) is 0.259. The molecular formula is C24H27BrF3N3O5. The second-order valence-electron chi connectivity index (χ2n) is 8.30. The van der Waals surface area contributed by atoms with E-state index in [0.717, 1.165) is 0 Å². The van der Waals surface area contributed by atoms with Gasteiger partial charge in [0.2, 0.25) is 11.8 Å². The van der Waals surface area contributed by atoms with Crippen molar-refractivity contribution in [1.82, 2.24) is 14.7 Å². The number of rotatable bonds is 8. The molecule has 1 aliphatic rings. The van der Waals surface area contributed by atoms with E-state index in [2.05, 4.69) is 21.0 Å².